The number of amides is 1. The minimum absolute atomic E-state index is 0.158. The van der Waals surface area contributed by atoms with E-state index in [-0.39, 0.29) is 5.91 Å². The minimum atomic E-state index is -0.158. The number of aromatic nitrogens is 3. The molecule has 2 aromatic carbocycles. The highest BCUT2D eigenvalue weighted by atomic mass is 16.1. The number of rotatable bonds is 5. The summed E-state index contributed by atoms with van der Waals surface area (Å²) in [6.07, 6.45) is 2.08. The van der Waals surface area contributed by atoms with E-state index in [4.69, 9.17) is 4.98 Å². The summed E-state index contributed by atoms with van der Waals surface area (Å²) in [6, 6.07) is 15.8. The first-order valence-electron chi connectivity index (χ1n) is 9.71. The van der Waals surface area contributed by atoms with Gasteiger partial charge in [-0.05, 0) is 50.1 Å². The molecule has 0 saturated heterocycles. The van der Waals surface area contributed by atoms with Crippen molar-refractivity contribution in [1.29, 1.82) is 0 Å². The molecule has 2 heterocycles. The lowest BCUT2D eigenvalue weighted by Gasteiger charge is -2.04. The first-order valence-corrected chi connectivity index (χ1v) is 9.71. The zero-order chi connectivity index (χ0) is 19.7. The number of aryl methyl sites for hydroxylation is 3. The molecule has 1 amide bonds. The molecule has 142 valence electrons. The Labute approximate surface area is 164 Å². The van der Waals surface area contributed by atoms with Gasteiger partial charge in [-0.2, -0.15) is 5.10 Å². The third-order valence-electron chi connectivity index (χ3n) is 4.91. The molecule has 0 atom stereocenters. The van der Waals surface area contributed by atoms with Crippen molar-refractivity contribution >= 4 is 33.7 Å². The van der Waals surface area contributed by atoms with Gasteiger partial charge in [-0.1, -0.05) is 43.2 Å². The predicted molar refractivity (Wildman–Crippen MR) is 114 cm³/mol. The Kier molecular flexibility index (Phi) is 4.82. The molecule has 0 aliphatic carbocycles. The highest BCUT2D eigenvalue weighted by Crippen LogP contribution is 2.27. The maximum absolute atomic E-state index is 12.8. The van der Waals surface area contributed by atoms with Gasteiger partial charge < -0.3 is 5.32 Å². The van der Waals surface area contributed by atoms with E-state index >= 15 is 0 Å². The molecule has 0 aliphatic rings. The van der Waals surface area contributed by atoms with Crippen molar-refractivity contribution in [3.05, 3.63) is 65.2 Å². The van der Waals surface area contributed by atoms with Crippen molar-refractivity contribution in [2.75, 3.05) is 5.32 Å². The van der Waals surface area contributed by atoms with Crippen LogP contribution in [0.4, 0.5) is 5.82 Å². The predicted octanol–water partition coefficient (Wildman–Crippen LogP) is 5.25. The molecule has 0 unspecified atom stereocenters. The van der Waals surface area contributed by atoms with Gasteiger partial charge in [0.15, 0.2) is 11.5 Å². The standard InChI is InChI=1S/C23H24N4O/c1-4-5-11-27-22-19(14-17-10-9-16(3)13-20(17)24-22)21(26-27)25-23(28)18-8-6-7-15(2)12-18/h6-10,12-14H,4-5,11H2,1-3H3,(H,25,26,28). The molecule has 0 saturated carbocycles. The average molecular weight is 372 g/mol. The van der Waals surface area contributed by atoms with Gasteiger partial charge in [0, 0.05) is 17.5 Å². The number of carbonyl (C=O) groups excluding carboxylic acids is 1. The van der Waals surface area contributed by atoms with E-state index in [1.807, 2.05) is 35.9 Å². The molecule has 4 aromatic rings. The first kappa shape index (κ1) is 18.2. The van der Waals surface area contributed by atoms with Gasteiger partial charge in [-0.3, -0.25) is 4.79 Å². The zero-order valence-corrected chi connectivity index (χ0v) is 16.5. The fraction of sp³-hybridized carbons (Fsp3) is 0.261. The number of fused-ring (bicyclic) bond motifs is 2. The normalized spacial score (nSPS) is 11.2. The summed E-state index contributed by atoms with van der Waals surface area (Å²) in [6.45, 7) is 6.97. The number of hydrogen-bond donors (Lipinski definition) is 1. The SMILES string of the molecule is CCCCn1nc(NC(=O)c2cccc(C)c2)c2cc3ccc(C)cc3nc21. The van der Waals surface area contributed by atoms with Gasteiger partial charge in [-0.15, -0.1) is 0 Å². The number of pyridine rings is 1. The van der Waals surface area contributed by atoms with Gasteiger partial charge in [-0.25, -0.2) is 9.67 Å². The Balaban J connectivity index is 1.80. The van der Waals surface area contributed by atoms with Crippen LogP contribution in [0.1, 0.15) is 41.3 Å². The molecule has 0 radical (unpaired) electrons. The van der Waals surface area contributed by atoms with E-state index < -0.39 is 0 Å². The molecule has 28 heavy (non-hydrogen) atoms. The van der Waals surface area contributed by atoms with Crippen molar-refractivity contribution in [2.24, 2.45) is 0 Å². The molecule has 0 spiro atoms. The monoisotopic (exact) mass is 372 g/mol. The van der Waals surface area contributed by atoms with E-state index in [1.165, 1.54) is 5.56 Å². The second kappa shape index (κ2) is 7.43. The van der Waals surface area contributed by atoms with E-state index in [1.54, 1.807) is 0 Å². The van der Waals surface area contributed by atoms with Crippen molar-refractivity contribution in [3.8, 4) is 0 Å². The quantitative estimate of drug-likeness (QED) is 0.520. The molecular formula is C23H24N4O. The number of carbonyl (C=O) groups is 1. The largest absolute Gasteiger partial charge is 0.305 e. The molecule has 1 N–H and O–H groups in total. The Morgan fingerprint density at radius 2 is 1.89 bits per heavy atom. The highest BCUT2D eigenvalue weighted by Gasteiger charge is 2.16. The number of anilines is 1. The van der Waals surface area contributed by atoms with E-state index in [0.717, 1.165) is 46.9 Å². The second-order valence-electron chi connectivity index (χ2n) is 7.30. The van der Waals surface area contributed by atoms with Gasteiger partial charge >= 0.3 is 0 Å². The first-order chi connectivity index (χ1) is 13.5. The minimum Gasteiger partial charge on any atom is -0.305 e. The summed E-state index contributed by atoms with van der Waals surface area (Å²) in [7, 11) is 0. The lowest BCUT2D eigenvalue weighted by atomic mass is 10.1. The van der Waals surface area contributed by atoms with Crippen LogP contribution < -0.4 is 5.32 Å². The molecular weight excluding hydrogens is 348 g/mol. The van der Waals surface area contributed by atoms with Crippen LogP contribution >= 0.6 is 0 Å². The Morgan fingerprint density at radius 1 is 1.07 bits per heavy atom. The van der Waals surface area contributed by atoms with Crippen LogP contribution in [0.3, 0.4) is 0 Å². The van der Waals surface area contributed by atoms with Crippen LogP contribution in [0.25, 0.3) is 21.9 Å². The Morgan fingerprint density at radius 3 is 2.68 bits per heavy atom. The number of nitrogens with zero attached hydrogens (tertiary/aromatic N) is 3. The van der Waals surface area contributed by atoms with Crippen LogP contribution in [0, 0.1) is 13.8 Å². The van der Waals surface area contributed by atoms with Crippen molar-refractivity contribution < 1.29 is 4.79 Å². The lowest BCUT2D eigenvalue weighted by molar-refractivity contribution is 0.102. The van der Waals surface area contributed by atoms with Gasteiger partial charge in [0.25, 0.3) is 5.91 Å². The average Bonchev–Trinajstić information content (AvgIpc) is 3.01. The van der Waals surface area contributed by atoms with Crippen molar-refractivity contribution in [3.63, 3.8) is 0 Å². The molecule has 2 aromatic heterocycles. The second-order valence-corrected chi connectivity index (χ2v) is 7.30. The fourth-order valence-corrected chi connectivity index (χ4v) is 3.38. The van der Waals surface area contributed by atoms with Crippen LogP contribution in [-0.4, -0.2) is 20.7 Å². The van der Waals surface area contributed by atoms with Crippen LogP contribution in [0.15, 0.2) is 48.5 Å². The third-order valence-corrected chi connectivity index (χ3v) is 4.91. The van der Waals surface area contributed by atoms with Crippen LogP contribution in [-0.2, 0) is 6.54 Å². The molecule has 0 fully saturated rings. The highest BCUT2D eigenvalue weighted by molar-refractivity contribution is 6.08. The number of nitrogens with one attached hydrogen (secondary N) is 1. The Hall–Kier alpha value is -3.21. The molecule has 4 rings (SSSR count). The summed E-state index contributed by atoms with van der Waals surface area (Å²) in [5.41, 5.74) is 4.61. The summed E-state index contributed by atoms with van der Waals surface area (Å²) in [4.78, 5) is 17.6. The van der Waals surface area contributed by atoms with E-state index in [9.17, 15) is 4.79 Å². The summed E-state index contributed by atoms with van der Waals surface area (Å²) in [5, 5.41) is 9.58. The van der Waals surface area contributed by atoms with Gasteiger partial charge in [0.2, 0.25) is 0 Å². The Bertz CT molecular complexity index is 1180. The maximum Gasteiger partial charge on any atom is 0.256 e. The maximum atomic E-state index is 12.8. The van der Waals surface area contributed by atoms with Crippen molar-refractivity contribution in [2.45, 2.75) is 40.2 Å². The topological polar surface area (TPSA) is 59.8 Å². The zero-order valence-electron chi connectivity index (χ0n) is 16.5. The van der Waals surface area contributed by atoms with E-state index in [0.29, 0.717) is 11.4 Å². The number of benzene rings is 2. The molecule has 0 bridgehead atoms. The molecule has 0 aliphatic heterocycles. The third kappa shape index (κ3) is 3.48. The van der Waals surface area contributed by atoms with Crippen LogP contribution in [0.5, 0.6) is 0 Å². The molecule has 5 heteroatoms. The summed E-state index contributed by atoms with van der Waals surface area (Å²) in [5.74, 6) is 0.405. The number of unbranched alkanes of at least 4 members (excludes halogenated alkanes) is 1. The fourth-order valence-electron chi connectivity index (χ4n) is 3.38. The van der Waals surface area contributed by atoms with Gasteiger partial charge in [0.1, 0.15) is 0 Å². The lowest BCUT2D eigenvalue weighted by Crippen LogP contribution is -2.13. The van der Waals surface area contributed by atoms with E-state index in [2.05, 4.69) is 48.5 Å². The summed E-state index contributed by atoms with van der Waals surface area (Å²) < 4.78 is 1.91. The van der Waals surface area contributed by atoms with Gasteiger partial charge in [0.05, 0.1) is 10.9 Å². The summed E-state index contributed by atoms with van der Waals surface area (Å²) >= 11 is 0. The smallest absolute Gasteiger partial charge is 0.256 e. The number of hydrogen-bond acceptors (Lipinski definition) is 3. The van der Waals surface area contributed by atoms with Crippen LogP contribution in [0.2, 0.25) is 0 Å². The molecule has 5 nitrogen and oxygen atoms in total. The van der Waals surface area contributed by atoms with Crippen molar-refractivity contribution in [1.82, 2.24) is 14.8 Å².